The smallest absolute Gasteiger partial charge is 0.140 e. The number of benzene rings is 1. The highest BCUT2D eigenvalue weighted by Crippen LogP contribution is 2.25. The molecule has 0 amide bonds. The van der Waals surface area contributed by atoms with Crippen molar-refractivity contribution in [3.8, 4) is 0 Å². The second-order valence-corrected chi connectivity index (χ2v) is 5.34. The van der Waals surface area contributed by atoms with E-state index in [0.717, 1.165) is 36.8 Å². The lowest BCUT2D eigenvalue weighted by Gasteiger charge is -2.25. The van der Waals surface area contributed by atoms with Gasteiger partial charge in [-0.1, -0.05) is 12.5 Å². The van der Waals surface area contributed by atoms with Crippen molar-refractivity contribution in [1.29, 1.82) is 0 Å². The number of carbonyl (C=O) groups is 1. The van der Waals surface area contributed by atoms with Gasteiger partial charge in [0.25, 0.3) is 0 Å². The second-order valence-electron chi connectivity index (χ2n) is 5.34. The Morgan fingerprint density at radius 3 is 2.89 bits per heavy atom. The topological polar surface area (TPSA) is 43.1 Å². The van der Waals surface area contributed by atoms with Crippen molar-refractivity contribution in [3.63, 3.8) is 0 Å². The number of Topliss-reactive ketones (excluding diaryl/α,β-unsaturated/α-hetero) is 1. The Kier molecular flexibility index (Phi) is 4.12. The van der Waals surface area contributed by atoms with Crippen molar-refractivity contribution in [3.05, 3.63) is 35.1 Å². The summed E-state index contributed by atoms with van der Waals surface area (Å²) in [6.45, 7) is 1.85. The van der Waals surface area contributed by atoms with E-state index >= 15 is 0 Å². The zero-order valence-corrected chi connectivity index (χ0v) is 10.8. The van der Waals surface area contributed by atoms with Gasteiger partial charge in [-0.05, 0) is 49.4 Å². The molecule has 98 valence electrons. The fourth-order valence-electron chi connectivity index (χ4n) is 2.71. The number of ketones is 1. The first kappa shape index (κ1) is 13.2. The van der Waals surface area contributed by atoms with E-state index in [2.05, 4.69) is 0 Å². The minimum absolute atomic E-state index is 0.0956. The number of halogens is 1. The monoisotopic (exact) mass is 249 g/mol. The maximum absolute atomic E-state index is 13.0. The lowest BCUT2D eigenvalue weighted by atomic mass is 9.81. The summed E-state index contributed by atoms with van der Waals surface area (Å²) in [5.41, 5.74) is 7.69. The van der Waals surface area contributed by atoms with Crippen LogP contribution in [0.1, 0.15) is 36.8 Å². The minimum Gasteiger partial charge on any atom is -0.328 e. The number of hydrogen-bond acceptors (Lipinski definition) is 2. The molecule has 2 nitrogen and oxygen atoms in total. The molecule has 0 spiro atoms. The van der Waals surface area contributed by atoms with Gasteiger partial charge in [0.2, 0.25) is 0 Å². The predicted molar refractivity (Wildman–Crippen MR) is 69.8 cm³/mol. The number of carbonyl (C=O) groups excluding carboxylic acids is 1. The average molecular weight is 249 g/mol. The lowest BCUT2D eigenvalue weighted by Crippen LogP contribution is -2.32. The van der Waals surface area contributed by atoms with E-state index in [1.807, 2.05) is 6.92 Å². The van der Waals surface area contributed by atoms with E-state index in [0.29, 0.717) is 6.42 Å². The van der Waals surface area contributed by atoms with Crippen LogP contribution < -0.4 is 5.73 Å². The van der Waals surface area contributed by atoms with Gasteiger partial charge in [-0.15, -0.1) is 0 Å². The first-order chi connectivity index (χ1) is 8.56. The summed E-state index contributed by atoms with van der Waals surface area (Å²) in [4.78, 5) is 12.2. The quantitative estimate of drug-likeness (QED) is 0.895. The third-order valence-electron chi connectivity index (χ3n) is 3.84. The van der Waals surface area contributed by atoms with Gasteiger partial charge in [0.15, 0.2) is 0 Å². The summed E-state index contributed by atoms with van der Waals surface area (Å²) in [7, 11) is 0. The van der Waals surface area contributed by atoms with Gasteiger partial charge in [-0.3, -0.25) is 4.79 Å². The molecule has 0 aliphatic heterocycles. The fourth-order valence-corrected chi connectivity index (χ4v) is 2.71. The van der Waals surface area contributed by atoms with Gasteiger partial charge in [-0.2, -0.15) is 0 Å². The molecule has 0 bridgehead atoms. The van der Waals surface area contributed by atoms with Gasteiger partial charge >= 0.3 is 0 Å². The van der Waals surface area contributed by atoms with Crippen LogP contribution in [0.2, 0.25) is 0 Å². The third-order valence-corrected chi connectivity index (χ3v) is 3.84. The molecule has 1 aromatic carbocycles. The highest BCUT2D eigenvalue weighted by molar-refractivity contribution is 5.83. The Morgan fingerprint density at radius 2 is 2.22 bits per heavy atom. The van der Waals surface area contributed by atoms with E-state index in [1.54, 1.807) is 6.07 Å². The number of aryl methyl sites for hydroxylation is 1. The van der Waals surface area contributed by atoms with Gasteiger partial charge in [0.1, 0.15) is 11.6 Å². The van der Waals surface area contributed by atoms with Crippen molar-refractivity contribution in [2.45, 2.75) is 45.1 Å². The molecular formula is C15H20FNO. The summed E-state index contributed by atoms with van der Waals surface area (Å²) in [6, 6.07) is 4.78. The fraction of sp³-hybridized carbons (Fsp3) is 0.533. The van der Waals surface area contributed by atoms with Gasteiger partial charge in [-0.25, -0.2) is 4.39 Å². The Labute approximate surface area is 107 Å². The molecule has 1 fully saturated rings. The number of rotatable bonds is 3. The van der Waals surface area contributed by atoms with Crippen LogP contribution in [0, 0.1) is 18.7 Å². The Balaban J connectivity index is 2.02. The summed E-state index contributed by atoms with van der Waals surface area (Å²) in [5.74, 6) is 0.0986. The molecule has 2 N–H and O–H groups in total. The van der Waals surface area contributed by atoms with E-state index in [9.17, 15) is 9.18 Å². The molecule has 0 heterocycles. The van der Waals surface area contributed by atoms with Crippen LogP contribution in [0.15, 0.2) is 18.2 Å². The minimum atomic E-state index is -0.247. The van der Waals surface area contributed by atoms with Crippen LogP contribution in [0.25, 0.3) is 0 Å². The Bertz CT molecular complexity index is 444. The average Bonchev–Trinajstić information content (AvgIpc) is 2.32. The second kappa shape index (κ2) is 5.61. The standard InChI is InChI=1S/C15H20FNO/c1-10-7-13(16)6-5-11(10)9-15(18)12-3-2-4-14(17)8-12/h5-7,12,14H,2-4,8-9,17H2,1H3. The highest BCUT2D eigenvalue weighted by atomic mass is 19.1. The highest BCUT2D eigenvalue weighted by Gasteiger charge is 2.25. The first-order valence-corrected chi connectivity index (χ1v) is 6.59. The van der Waals surface area contributed by atoms with Crippen LogP contribution in [-0.4, -0.2) is 11.8 Å². The lowest BCUT2D eigenvalue weighted by molar-refractivity contribution is -0.123. The van der Waals surface area contributed by atoms with Crippen LogP contribution in [0.3, 0.4) is 0 Å². The van der Waals surface area contributed by atoms with Crippen LogP contribution in [-0.2, 0) is 11.2 Å². The van der Waals surface area contributed by atoms with E-state index < -0.39 is 0 Å². The van der Waals surface area contributed by atoms with Crippen molar-refractivity contribution >= 4 is 5.78 Å². The van der Waals surface area contributed by atoms with E-state index in [4.69, 9.17) is 5.73 Å². The maximum atomic E-state index is 13.0. The SMILES string of the molecule is Cc1cc(F)ccc1CC(=O)C1CCCC(N)C1. The van der Waals surface area contributed by atoms with E-state index in [1.165, 1.54) is 12.1 Å². The largest absolute Gasteiger partial charge is 0.328 e. The molecule has 0 aromatic heterocycles. The molecule has 1 aromatic rings. The van der Waals surface area contributed by atoms with Crippen molar-refractivity contribution < 1.29 is 9.18 Å². The normalized spacial score (nSPS) is 23.9. The number of nitrogens with two attached hydrogens (primary N) is 1. The molecule has 2 atom stereocenters. The molecule has 3 heteroatoms. The number of hydrogen-bond donors (Lipinski definition) is 1. The molecule has 1 saturated carbocycles. The van der Waals surface area contributed by atoms with Crippen LogP contribution in [0.4, 0.5) is 4.39 Å². The van der Waals surface area contributed by atoms with E-state index in [-0.39, 0.29) is 23.6 Å². The summed E-state index contributed by atoms with van der Waals surface area (Å²) in [6.07, 6.45) is 4.23. The zero-order chi connectivity index (χ0) is 13.1. The molecule has 18 heavy (non-hydrogen) atoms. The van der Waals surface area contributed by atoms with Crippen molar-refractivity contribution in [2.24, 2.45) is 11.7 Å². The van der Waals surface area contributed by atoms with Crippen LogP contribution >= 0.6 is 0 Å². The Morgan fingerprint density at radius 1 is 1.44 bits per heavy atom. The third kappa shape index (κ3) is 3.16. The predicted octanol–water partition coefficient (Wildman–Crippen LogP) is 2.76. The molecular weight excluding hydrogens is 229 g/mol. The summed E-state index contributed by atoms with van der Waals surface area (Å²) in [5, 5.41) is 0. The van der Waals surface area contributed by atoms with Gasteiger partial charge in [0, 0.05) is 18.4 Å². The van der Waals surface area contributed by atoms with Gasteiger partial charge in [0.05, 0.1) is 0 Å². The molecule has 2 rings (SSSR count). The molecule has 0 radical (unpaired) electrons. The molecule has 1 aliphatic rings. The summed E-state index contributed by atoms with van der Waals surface area (Å²) >= 11 is 0. The Hall–Kier alpha value is -1.22. The molecule has 1 aliphatic carbocycles. The van der Waals surface area contributed by atoms with Crippen molar-refractivity contribution in [1.82, 2.24) is 0 Å². The zero-order valence-electron chi connectivity index (χ0n) is 10.8. The maximum Gasteiger partial charge on any atom is 0.140 e. The molecule has 2 unspecified atom stereocenters. The van der Waals surface area contributed by atoms with Gasteiger partial charge < -0.3 is 5.73 Å². The molecule has 0 saturated heterocycles. The summed E-state index contributed by atoms with van der Waals surface area (Å²) < 4.78 is 13.0. The van der Waals surface area contributed by atoms with Crippen LogP contribution in [0.5, 0.6) is 0 Å². The van der Waals surface area contributed by atoms with Crippen molar-refractivity contribution in [2.75, 3.05) is 0 Å². The first-order valence-electron chi connectivity index (χ1n) is 6.59.